The molecule has 5 heteroatoms. The van der Waals surface area contributed by atoms with E-state index in [0.717, 1.165) is 0 Å². The molecule has 2 unspecified atom stereocenters. The molecule has 1 saturated heterocycles. The van der Waals surface area contributed by atoms with Gasteiger partial charge in [0, 0.05) is 26.1 Å². The highest BCUT2D eigenvalue weighted by atomic mass is 16.5. The van der Waals surface area contributed by atoms with Gasteiger partial charge in [0.15, 0.2) is 0 Å². The summed E-state index contributed by atoms with van der Waals surface area (Å²) in [5, 5.41) is 0. The number of rotatable bonds is 1. The van der Waals surface area contributed by atoms with Crippen molar-refractivity contribution in [2.45, 2.75) is 19.4 Å². The number of esters is 1. The Balaban J connectivity index is 2.62. The number of nitrogens with two attached hydrogens (primary N) is 1. The molecule has 0 aromatic rings. The fourth-order valence-corrected chi connectivity index (χ4v) is 1.73. The van der Waals surface area contributed by atoms with E-state index < -0.39 is 0 Å². The molecule has 0 aromatic heterocycles. The zero-order valence-electron chi connectivity index (χ0n) is 8.53. The van der Waals surface area contributed by atoms with Crippen molar-refractivity contribution in [2.75, 3.05) is 20.2 Å². The first-order valence-electron chi connectivity index (χ1n) is 4.63. The molecule has 1 rings (SSSR count). The molecule has 0 bridgehead atoms. The number of ether oxygens (including phenoxy) is 1. The van der Waals surface area contributed by atoms with Crippen molar-refractivity contribution in [3.63, 3.8) is 0 Å². The van der Waals surface area contributed by atoms with E-state index in [-0.39, 0.29) is 23.8 Å². The average Bonchev–Trinajstić information content (AvgIpc) is 2.15. The molecule has 1 fully saturated rings. The number of piperidine rings is 1. The molecule has 0 aromatic carbocycles. The molecule has 0 aliphatic carbocycles. The first-order valence-corrected chi connectivity index (χ1v) is 4.63. The summed E-state index contributed by atoms with van der Waals surface area (Å²) in [5.74, 6) is -0.604. The maximum Gasteiger partial charge on any atom is 0.310 e. The third kappa shape index (κ3) is 2.45. The minimum atomic E-state index is -0.286. The number of hydrogen-bond donors (Lipinski definition) is 1. The molecule has 80 valence electrons. The summed E-state index contributed by atoms with van der Waals surface area (Å²) in [7, 11) is 1.35. The van der Waals surface area contributed by atoms with Gasteiger partial charge in [-0.25, -0.2) is 0 Å². The van der Waals surface area contributed by atoms with Crippen LogP contribution in [0, 0.1) is 5.92 Å². The number of carbonyl (C=O) groups is 2. The SMILES string of the molecule is COC(=O)C1CC(N)CN(C(C)=O)C1. The Hall–Kier alpha value is -1.10. The van der Waals surface area contributed by atoms with Gasteiger partial charge in [0.05, 0.1) is 13.0 Å². The Kier molecular flexibility index (Phi) is 3.46. The van der Waals surface area contributed by atoms with Crippen molar-refractivity contribution in [3.05, 3.63) is 0 Å². The number of carbonyl (C=O) groups excluding carboxylic acids is 2. The minimum absolute atomic E-state index is 0.0472. The van der Waals surface area contributed by atoms with Crippen molar-refractivity contribution in [1.82, 2.24) is 4.90 Å². The molecule has 2 N–H and O–H groups in total. The van der Waals surface area contributed by atoms with E-state index in [4.69, 9.17) is 5.73 Å². The molecule has 14 heavy (non-hydrogen) atoms. The Morgan fingerprint density at radius 3 is 2.57 bits per heavy atom. The van der Waals surface area contributed by atoms with E-state index in [1.165, 1.54) is 14.0 Å². The second-order valence-corrected chi connectivity index (χ2v) is 3.64. The number of methoxy groups -OCH3 is 1. The molecule has 1 aliphatic rings. The van der Waals surface area contributed by atoms with Crippen LogP contribution in [0.3, 0.4) is 0 Å². The zero-order chi connectivity index (χ0) is 10.7. The van der Waals surface area contributed by atoms with Crippen molar-refractivity contribution >= 4 is 11.9 Å². The van der Waals surface area contributed by atoms with Gasteiger partial charge in [-0.05, 0) is 6.42 Å². The average molecular weight is 200 g/mol. The van der Waals surface area contributed by atoms with Crippen molar-refractivity contribution < 1.29 is 14.3 Å². The fraction of sp³-hybridized carbons (Fsp3) is 0.778. The van der Waals surface area contributed by atoms with Crippen LogP contribution >= 0.6 is 0 Å². The number of likely N-dealkylation sites (tertiary alicyclic amines) is 1. The van der Waals surface area contributed by atoms with Crippen LogP contribution in [0.15, 0.2) is 0 Å². The van der Waals surface area contributed by atoms with Gasteiger partial charge < -0.3 is 15.4 Å². The number of hydrogen-bond acceptors (Lipinski definition) is 4. The Morgan fingerprint density at radius 1 is 1.43 bits per heavy atom. The quantitative estimate of drug-likeness (QED) is 0.571. The highest BCUT2D eigenvalue weighted by Crippen LogP contribution is 2.16. The lowest BCUT2D eigenvalue weighted by atomic mass is 9.95. The van der Waals surface area contributed by atoms with E-state index in [2.05, 4.69) is 4.74 Å². The molecule has 0 radical (unpaired) electrons. The molecule has 2 atom stereocenters. The van der Waals surface area contributed by atoms with Crippen LogP contribution in [0.5, 0.6) is 0 Å². The summed E-state index contributed by atoms with van der Waals surface area (Å²) in [6.45, 7) is 2.44. The van der Waals surface area contributed by atoms with Crippen LogP contribution in [0.2, 0.25) is 0 Å². The van der Waals surface area contributed by atoms with E-state index in [9.17, 15) is 9.59 Å². The van der Waals surface area contributed by atoms with E-state index >= 15 is 0 Å². The van der Waals surface area contributed by atoms with Gasteiger partial charge in [-0.2, -0.15) is 0 Å². The largest absolute Gasteiger partial charge is 0.469 e. The minimum Gasteiger partial charge on any atom is -0.469 e. The van der Waals surface area contributed by atoms with Crippen LogP contribution in [0.25, 0.3) is 0 Å². The molecule has 1 amide bonds. The first kappa shape index (κ1) is 11.0. The summed E-state index contributed by atoms with van der Waals surface area (Å²) in [6.07, 6.45) is 0.594. The van der Waals surface area contributed by atoms with E-state index in [0.29, 0.717) is 19.5 Å². The van der Waals surface area contributed by atoms with Crippen LogP contribution in [-0.4, -0.2) is 43.0 Å². The van der Waals surface area contributed by atoms with Crippen LogP contribution in [0.4, 0.5) is 0 Å². The maximum atomic E-state index is 11.3. The molecule has 1 heterocycles. The second-order valence-electron chi connectivity index (χ2n) is 3.64. The summed E-state index contributed by atoms with van der Waals surface area (Å²) in [5.41, 5.74) is 5.74. The lowest BCUT2D eigenvalue weighted by molar-refractivity contribution is -0.149. The second kappa shape index (κ2) is 4.41. The normalized spacial score (nSPS) is 27.2. The lowest BCUT2D eigenvalue weighted by Crippen LogP contribution is -2.50. The summed E-state index contributed by atoms with van der Waals surface area (Å²) >= 11 is 0. The van der Waals surface area contributed by atoms with Gasteiger partial charge in [0.2, 0.25) is 5.91 Å². The van der Waals surface area contributed by atoms with Gasteiger partial charge in [-0.15, -0.1) is 0 Å². The Bertz CT molecular complexity index is 242. The molecular weight excluding hydrogens is 184 g/mol. The first-order chi connectivity index (χ1) is 6.54. The molecule has 0 saturated carbocycles. The summed E-state index contributed by atoms with van der Waals surface area (Å²) < 4.78 is 4.63. The highest BCUT2D eigenvalue weighted by molar-refractivity contribution is 5.76. The predicted molar refractivity (Wildman–Crippen MR) is 50.4 cm³/mol. The maximum absolute atomic E-state index is 11.3. The Morgan fingerprint density at radius 2 is 2.07 bits per heavy atom. The van der Waals surface area contributed by atoms with Crippen molar-refractivity contribution in [2.24, 2.45) is 11.7 Å². The third-order valence-corrected chi connectivity index (χ3v) is 2.46. The molecular formula is C9H16N2O3. The van der Waals surface area contributed by atoms with Gasteiger partial charge in [0.1, 0.15) is 0 Å². The highest BCUT2D eigenvalue weighted by Gasteiger charge is 2.31. The van der Waals surface area contributed by atoms with Crippen LogP contribution < -0.4 is 5.73 Å². The van der Waals surface area contributed by atoms with Gasteiger partial charge in [-0.3, -0.25) is 9.59 Å². The number of amides is 1. The standard InChI is InChI=1S/C9H16N2O3/c1-6(12)11-4-7(9(13)14-2)3-8(10)5-11/h7-8H,3-5,10H2,1-2H3. The molecule has 5 nitrogen and oxygen atoms in total. The zero-order valence-corrected chi connectivity index (χ0v) is 8.53. The monoisotopic (exact) mass is 200 g/mol. The topological polar surface area (TPSA) is 72.6 Å². The third-order valence-electron chi connectivity index (χ3n) is 2.46. The van der Waals surface area contributed by atoms with Gasteiger partial charge in [0.25, 0.3) is 0 Å². The molecule has 1 aliphatic heterocycles. The summed E-state index contributed by atoms with van der Waals surface area (Å²) in [4.78, 5) is 24.0. The smallest absolute Gasteiger partial charge is 0.310 e. The number of nitrogens with zero attached hydrogens (tertiary/aromatic N) is 1. The fourth-order valence-electron chi connectivity index (χ4n) is 1.73. The molecule has 0 spiro atoms. The van der Waals surface area contributed by atoms with E-state index in [1.54, 1.807) is 4.90 Å². The Labute approximate surface area is 83.2 Å². The van der Waals surface area contributed by atoms with Crippen molar-refractivity contribution in [3.8, 4) is 0 Å². The predicted octanol–water partition coefficient (Wildman–Crippen LogP) is -0.645. The van der Waals surface area contributed by atoms with Gasteiger partial charge >= 0.3 is 5.97 Å². The van der Waals surface area contributed by atoms with Crippen LogP contribution in [0.1, 0.15) is 13.3 Å². The van der Waals surface area contributed by atoms with Crippen molar-refractivity contribution in [1.29, 1.82) is 0 Å². The lowest BCUT2D eigenvalue weighted by Gasteiger charge is -2.34. The van der Waals surface area contributed by atoms with Gasteiger partial charge in [-0.1, -0.05) is 0 Å². The van der Waals surface area contributed by atoms with Crippen LogP contribution in [-0.2, 0) is 14.3 Å². The summed E-state index contributed by atoms with van der Waals surface area (Å²) in [6, 6.07) is -0.128. The van der Waals surface area contributed by atoms with E-state index in [1.807, 2.05) is 0 Å².